The highest BCUT2D eigenvalue weighted by molar-refractivity contribution is 6.28. The van der Waals surface area contributed by atoms with Crippen LogP contribution in [0.25, 0.3) is 0 Å². The summed E-state index contributed by atoms with van der Waals surface area (Å²) in [7, 11) is 3.65. The molecule has 17 heavy (non-hydrogen) atoms. The van der Waals surface area contributed by atoms with Gasteiger partial charge in [-0.3, -0.25) is 9.59 Å². The summed E-state index contributed by atoms with van der Waals surface area (Å²) in [6, 6.07) is 0. The molecule has 0 atom stereocenters. The number of carbonyl (C=O) groups is 2. The Hall–Kier alpha value is -1.32. The van der Waals surface area contributed by atoms with Gasteiger partial charge in [0.25, 0.3) is 5.91 Å². The predicted molar refractivity (Wildman–Crippen MR) is 65.4 cm³/mol. The Bertz CT molecular complexity index is 364. The highest BCUT2D eigenvalue weighted by Gasteiger charge is 2.48. The van der Waals surface area contributed by atoms with E-state index in [0.29, 0.717) is 5.57 Å². The zero-order valence-electron chi connectivity index (χ0n) is 10.6. The van der Waals surface area contributed by atoms with E-state index in [0.717, 1.165) is 38.5 Å². The van der Waals surface area contributed by atoms with Crippen molar-refractivity contribution < 1.29 is 9.59 Å². The SMILES string of the molecule is CN(C)/C=C1\C(=O)NC2(CCCCCC2)C1=O. The van der Waals surface area contributed by atoms with E-state index in [9.17, 15) is 9.59 Å². The number of nitrogens with one attached hydrogen (secondary N) is 1. The van der Waals surface area contributed by atoms with Crippen molar-refractivity contribution in [2.75, 3.05) is 14.1 Å². The molecule has 1 aliphatic carbocycles. The molecule has 2 fully saturated rings. The molecule has 4 nitrogen and oxygen atoms in total. The highest BCUT2D eigenvalue weighted by atomic mass is 16.2. The standard InChI is InChI=1S/C13H20N2O2/c1-15(2)9-10-11(16)13(14-12(10)17)7-5-3-4-6-8-13/h9H,3-8H2,1-2H3,(H,14,17)/b10-9-. The first-order valence-corrected chi connectivity index (χ1v) is 6.31. The Kier molecular flexibility index (Phi) is 3.22. The number of nitrogens with zero attached hydrogens (tertiary/aromatic N) is 1. The van der Waals surface area contributed by atoms with E-state index < -0.39 is 5.54 Å². The summed E-state index contributed by atoms with van der Waals surface area (Å²) in [5.41, 5.74) is -0.271. The average molecular weight is 236 g/mol. The van der Waals surface area contributed by atoms with Crippen molar-refractivity contribution in [3.05, 3.63) is 11.8 Å². The number of hydrogen-bond acceptors (Lipinski definition) is 3. The third-order valence-corrected chi connectivity index (χ3v) is 3.62. The minimum Gasteiger partial charge on any atom is -0.383 e. The maximum atomic E-state index is 12.4. The van der Waals surface area contributed by atoms with Crippen LogP contribution in [0, 0.1) is 0 Å². The summed E-state index contributed by atoms with van der Waals surface area (Å²) in [4.78, 5) is 26.0. The molecule has 1 aliphatic heterocycles. The third-order valence-electron chi connectivity index (χ3n) is 3.62. The summed E-state index contributed by atoms with van der Waals surface area (Å²) < 4.78 is 0. The lowest BCUT2D eigenvalue weighted by molar-refractivity contribution is -0.120. The van der Waals surface area contributed by atoms with Crippen LogP contribution >= 0.6 is 0 Å². The normalized spacial score (nSPS) is 26.1. The lowest BCUT2D eigenvalue weighted by Gasteiger charge is -2.24. The maximum absolute atomic E-state index is 12.4. The Morgan fingerprint density at radius 1 is 1.12 bits per heavy atom. The second-order valence-electron chi connectivity index (χ2n) is 5.29. The fourth-order valence-electron chi connectivity index (χ4n) is 2.76. The summed E-state index contributed by atoms with van der Waals surface area (Å²) in [5.74, 6) is -0.205. The van der Waals surface area contributed by atoms with Crippen LogP contribution in [0.5, 0.6) is 0 Å². The number of ketones is 1. The number of rotatable bonds is 1. The Morgan fingerprint density at radius 3 is 2.24 bits per heavy atom. The van der Waals surface area contributed by atoms with Crippen molar-refractivity contribution in [2.45, 2.75) is 44.1 Å². The smallest absolute Gasteiger partial charge is 0.257 e. The van der Waals surface area contributed by atoms with Crippen LogP contribution < -0.4 is 5.32 Å². The molecule has 2 aliphatic rings. The van der Waals surface area contributed by atoms with Crippen molar-refractivity contribution in [1.82, 2.24) is 10.2 Å². The van der Waals surface area contributed by atoms with Crippen LogP contribution in [-0.2, 0) is 9.59 Å². The Morgan fingerprint density at radius 2 is 1.71 bits per heavy atom. The van der Waals surface area contributed by atoms with Gasteiger partial charge < -0.3 is 10.2 Å². The zero-order valence-corrected chi connectivity index (χ0v) is 10.6. The van der Waals surface area contributed by atoms with E-state index >= 15 is 0 Å². The van der Waals surface area contributed by atoms with E-state index in [4.69, 9.17) is 0 Å². The van der Waals surface area contributed by atoms with Crippen molar-refractivity contribution in [1.29, 1.82) is 0 Å². The van der Waals surface area contributed by atoms with Gasteiger partial charge in [0.15, 0.2) is 5.78 Å². The molecule has 0 aromatic carbocycles. The van der Waals surface area contributed by atoms with Crippen molar-refractivity contribution in [2.24, 2.45) is 0 Å². The molecular formula is C13H20N2O2. The van der Waals surface area contributed by atoms with Crippen LogP contribution in [0.15, 0.2) is 11.8 Å². The van der Waals surface area contributed by atoms with Crippen LogP contribution in [0.3, 0.4) is 0 Å². The molecule has 1 heterocycles. The first-order chi connectivity index (χ1) is 8.05. The van der Waals surface area contributed by atoms with Gasteiger partial charge in [-0.2, -0.15) is 0 Å². The van der Waals surface area contributed by atoms with Crippen molar-refractivity contribution >= 4 is 11.7 Å². The molecule has 2 rings (SSSR count). The monoisotopic (exact) mass is 236 g/mol. The van der Waals surface area contributed by atoms with Gasteiger partial charge >= 0.3 is 0 Å². The number of hydrogen-bond donors (Lipinski definition) is 1. The minimum absolute atomic E-state index is 0.00176. The van der Waals surface area contributed by atoms with Crippen LogP contribution in [0.2, 0.25) is 0 Å². The second-order valence-corrected chi connectivity index (χ2v) is 5.29. The lowest BCUT2D eigenvalue weighted by atomic mass is 9.86. The molecule has 0 aromatic heterocycles. The van der Waals surface area contributed by atoms with Crippen molar-refractivity contribution in [3.8, 4) is 0 Å². The molecule has 1 amide bonds. The molecule has 0 aromatic rings. The largest absolute Gasteiger partial charge is 0.383 e. The van der Waals surface area contributed by atoms with Crippen LogP contribution in [0.4, 0.5) is 0 Å². The average Bonchev–Trinajstić information content (AvgIpc) is 2.48. The summed E-state index contributed by atoms with van der Waals surface area (Å²) in [6.45, 7) is 0. The predicted octanol–water partition coefficient (Wildman–Crippen LogP) is 1.22. The fraction of sp³-hybridized carbons (Fsp3) is 0.692. The number of Topliss-reactive ketones (excluding diaryl/α,β-unsaturated/α-hetero) is 1. The summed E-state index contributed by atoms with van der Waals surface area (Å²) in [6.07, 6.45) is 7.61. The van der Waals surface area contributed by atoms with Gasteiger partial charge in [-0.15, -0.1) is 0 Å². The van der Waals surface area contributed by atoms with E-state index in [1.807, 2.05) is 14.1 Å². The van der Waals surface area contributed by atoms with Gasteiger partial charge in [0.1, 0.15) is 11.1 Å². The molecule has 0 unspecified atom stereocenters. The van der Waals surface area contributed by atoms with Gasteiger partial charge in [0, 0.05) is 20.3 Å². The fourth-order valence-corrected chi connectivity index (χ4v) is 2.76. The summed E-state index contributed by atoms with van der Waals surface area (Å²) in [5, 5.41) is 2.93. The van der Waals surface area contributed by atoms with E-state index in [-0.39, 0.29) is 11.7 Å². The zero-order chi connectivity index (χ0) is 12.5. The highest BCUT2D eigenvalue weighted by Crippen LogP contribution is 2.34. The molecule has 4 heteroatoms. The van der Waals surface area contributed by atoms with E-state index in [1.165, 1.54) is 0 Å². The van der Waals surface area contributed by atoms with Gasteiger partial charge in [-0.25, -0.2) is 0 Å². The molecule has 0 radical (unpaired) electrons. The first-order valence-electron chi connectivity index (χ1n) is 6.31. The number of amides is 1. The molecule has 1 spiro atoms. The molecular weight excluding hydrogens is 216 g/mol. The Balaban J connectivity index is 2.27. The van der Waals surface area contributed by atoms with E-state index in [2.05, 4.69) is 5.32 Å². The maximum Gasteiger partial charge on any atom is 0.257 e. The second kappa shape index (κ2) is 4.51. The van der Waals surface area contributed by atoms with Gasteiger partial charge in [0.2, 0.25) is 0 Å². The molecule has 94 valence electrons. The van der Waals surface area contributed by atoms with Gasteiger partial charge in [0.05, 0.1) is 0 Å². The quantitative estimate of drug-likeness (QED) is 0.550. The Labute approximate surface area is 102 Å². The first kappa shape index (κ1) is 12.1. The summed E-state index contributed by atoms with van der Waals surface area (Å²) >= 11 is 0. The minimum atomic E-state index is -0.588. The molecule has 1 saturated heterocycles. The molecule has 1 saturated carbocycles. The lowest BCUT2D eigenvalue weighted by Crippen LogP contribution is -2.45. The topological polar surface area (TPSA) is 49.4 Å². The van der Waals surface area contributed by atoms with Crippen LogP contribution in [0.1, 0.15) is 38.5 Å². The number of carbonyl (C=O) groups excluding carboxylic acids is 2. The molecule has 0 bridgehead atoms. The van der Waals surface area contributed by atoms with Crippen LogP contribution in [-0.4, -0.2) is 36.2 Å². The van der Waals surface area contributed by atoms with Crippen molar-refractivity contribution in [3.63, 3.8) is 0 Å². The van der Waals surface area contributed by atoms with Gasteiger partial charge in [-0.05, 0) is 12.8 Å². The molecule has 1 N–H and O–H groups in total. The van der Waals surface area contributed by atoms with E-state index in [1.54, 1.807) is 11.1 Å². The van der Waals surface area contributed by atoms with Gasteiger partial charge in [-0.1, -0.05) is 25.7 Å². The third kappa shape index (κ3) is 2.21.